The van der Waals surface area contributed by atoms with Crippen molar-refractivity contribution >= 4 is 34.9 Å². The van der Waals surface area contributed by atoms with Crippen LogP contribution in [-0.2, 0) is 9.53 Å². The van der Waals surface area contributed by atoms with Crippen LogP contribution in [0.1, 0.15) is 36.5 Å². The number of halogens is 1. The molecule has 2 rings (SSSR count). The highest BCUT2D eigenvalue weighted by Crippen LogP contribution is 2.25. The molecule has 0 amide bonds. The monoisotopic (exact) mass is 324 g/mol. The zero-order valence-corrected chi connectivity index (χ0v) is 12.9. The van der Waals surface area contributed by atoms with Crippen molar-refractivity contribution in [2.24, 2.45) is 11.0 Å². The molecule has 1 aliphatic rings. The maximum Gasteiger partial charge on any atom is 0.337 e. The molecule has 0 aromatic heterocycles. The summed E-state index contributed by atoms with van der Waals surface area (Å²) in [6.07, 6.45) is 2.32. The molecule has 1 aliphatic carbocycles. The molecule has 0 aliphatic heterocycles. The summed E-state index contributed by atoms with van der Waals surface area (Å²) in [5.74, 6) is -1.69. The van der Waals surface area contributed by atoms with E-state index in [0.29, 0.717) is 12.3 Å². The third kappa shape index (κ3) is 3.76. The van der Waals surface area contributed by atoms with E-state index in [0.717, 1.165) is 25.0 Å². The summed E-state index contributed by atoms with van der Waals surface area (Å²) in [7, 11) is 0. The molecule has 1 fully saturated rings. The fourth-order valence-corrected chi connectivity index (χ4v) is 2.55. The second-order valence-corrected chi connectivity index (χ2v) is 5.32. The molecule has 22 heavy (non-hydrogen) atoms. The third-order valence-electron chi connectivity index (χ3n) is 3.42. The molecule has 0 bridgehead atoms. The lowest BCUT2D eigenvalue weighted by Gasteiger charge is -2.10. The van der Waals surface area contributed by atoms with Gasteiger partial charge in [0, 0.05) is 0 Å². The third-order valence-corrected chi connectivity index (χ3v) is 3.75. The smallest absolute Gasteiger partial charge is 0.337 e. The lowest BCUT2D eigenvalue weighted by molar-refractivity contribution is -0.145. The van der Waals surface area contributed by atoms with Crippen molar-refractivity contribution in [2.75, 3.05) is 12.0 Å². The summed E-state index contributed by atoms with van der Waals surface area (Å²) in [6.45, 7) is 2.11. The van der Waals surface area contributed by atoms with Crippen LogP contribution in [0.2, 0.25) is 5.02 Å². The number of hydrogen-bond acceptors (Lipinski definition) is 5. The van der Waals surface area contributed by atoms with Crippen LogP contribution in [0.25, 0.3) is 0 Å². The minimum absolute atomic E-state index is 0.000214. The first-order chi connectivity index (χ1) is 10.5. The minimum Gasteiger partial charge on any atom is -0.478 e. The largest absolute Gasteiger partial charge is 0.478 e. The Morgan fingerprint density at radius 3 is 2.95 bits per heavy atom. The van der Waals surface area contributed by atoms with Gasteiger partial charge in [0.2, 0.25) is 0 Å². The number of carbonyl (C=O) groups excluding carboxylic acids is 1. The molecule has 7 heteroatoms. The summed E-state index contributed by atoms with van der Waals surface area (Å²) in [5, 5.41) is 13.4. The Balaban J connectivity index is 2.12. The maximum atomic E-state index is 11.8. The van der Waals surface area contributed by atoms with Gasteiger partial charge in [0.15, 0.2) is 0 Å². The van der Waals surface area contributed by atoms with Crippen molar-refractivity contribution in [1.29, 1.82) is 0 Å². The normalized spacial score (nSPS) is 19.2. The van der Waals surface area contributed by atoms with Gasteiger partial charge in [0.25, 0.3) is 0 Å². The van der Waals surface area contributed by atoms with Gasteiger partial charge >= 0.3 is 11.9 Å². The van der Waals surface area contributed by atoms with Crippen LogP contribution in [0.15, 0.2) is 23.3 Å². The fraction of sp³-hybridized carbons (Fsp3) is 0.400. The highest BCUT2D eigenvalue weighted by atomic mass is 35.5. The Labute approximate surface area is 133 Å². The molecule has 6 nitrogen and oxygen atoms in total. The Morgan fingerprint density at radius 2 is 2.27 bits per heavy atom. The van der Waals surface area contributed by atoms with E-state index in [1.54, 1.807) is 13.0 Å². The molecular formula is C15H17ClN2O4. The lowest BCUT2D eigenvalue weighted by Crippen LogP contribution is -2.22. The SMILES string of the molecule is CCOC(=O)C1CCC/C1=N\Nc1ccc(Cl)c(C(=O)O)c1. The summed E-state index contributed by atoms with van der Waals surface area (Å²) in [6, 6.07) is 4.53. The number of carbonyl (C=O) groups is 2. The molecule has 1 saturated carbocycles. The van der Waals surface area contributed by atoms with E-state index in [1.807, 2.05) is 0 Å². The fourth-order valence-electron chi connectivity index (χ4n) is 2.35. The van der Waals surface area contributed by atoms with Crippen LogP contribution >= 0.6 is 11.6 Å². The van der Waals surface area contributed by atoms with E-state index in [-0.39, 0.29) is 22.5 Å². The van der Waals surface area contributed by atoms with E-state index in [1.165, 1.54) is 12.1 Å². The Kier molecular flexibility index (Phi) is 5.38. The van der Waals surface area contributed by atoms with Crippen molar-refractivity contribution < 1.29 is 19.4 Å². The first-order valence-corrected chi connectivity index (χ1v) is 7.42. The number of nitrogens with one attached hydrogen (secondary N) is 1. The standard InChI is InChI=1S/C15H17ClN2O4/c1-2-22-15(21)10-4-3-5-13(10)18-17-9-6-7-12(16)11(8-9)14(19)20/h6-8,10,17H,2-5H2,1H3,(H,19,20)/b18-13+. The van der Waals surface area contributed by atoms with Crippen LogP contribution in [0.4, 0.5) is 5.69 Å². The molecule has 1 atom stereocenters. The Hall–Kier alpha value is -2.08. The number of hydrazone groups is 1. The van der Waals surface area contributed by atoms with Gasteiger partial charge in [-0.15, -0.1) is 0 Å². The quantitative estimate of drug-likeness (QED) is 0.641. The van der Waals surface area contributed by atoms with E-state index in [4.69, 9.17) is 21.4 Å². The predicted molar refractivity (Wildman–Crippen MR) is 83.4 cm³/mol. The minimum atomic E-state index is -1.11. The molecule has 0 saturated heterocycles. The number of anilines is 1. The topological polar surface area (TPSA) is 88.0 Å². The van der Waals surface area contributed by atoms with Crippen LogP contribution in [0.3, 0.4) is 0 Å². The summed E-state index contributed by atoms with van der Waals surface area (Å²) >= 11 is 5.81. The average molecular weight is 325 g/mol. The molecule has 118 valence electrons. The summed E-state index contributed by atoms with van der Waals surface area (Å²) < 4.78 is 5.03. The molecule has 0 spiro atoms. The van der Waals surface area contributed by atoms with E-state index in [9.17, 15) is 9.59 Å². The predicted octanol–water partition coefficient (Wildman–Crippen LogP) is 3.17. The van der Waals surface area contributed by atoms with Gasteiger partial charge in [-0.2, -0.15) is 5.10 Å². The molecule has 0 heterocycles. The molecule has 2 N–H and O–H groups in total. The maximum absolute atomic E-state index is 11.8. The zero-order chi connectivity index (χ0) is 16.1. The number of rotatable bonds is 5. The van der Waals surface area contributed by atoms with Crippen LogP contribution in [0.5, 0.6) is 0 Å². The summed E-state index contributed by atoms with van der Waals surface area (Å²) in [5.41, 5.74) is 4.03. The van der Waals surface area contributed by atoms with Gasteiger partial charge in [0.05, 0.1) is 34.5 Å². The molecule has 1 aromatic rings. The second kappa shape index (κ2) is 7.26. The van der Waals surface area contributed by atoms with Crippen molar-refractivity contribution in [2.45, 2.75) is 26.2 Å². The van der Waals surface area contributed by atoms with Crippen LogP contribution in [0, 0.1) is 5.92 Å². The highest BCUT2D eigenvalue weighted by molar-refractivity contribution is 6.33. The van der Waals surface area contributed by atoms with Crippen LogP contribution < -0.4 is 5.43 Å². The van der Waals surface area contributed by atoms with Gasteiger partial charge in [-0.25, -0.2) is 4.79 Å². The molecule has 1 unspecified atom stereocenters. The molecular weight excluding hydrogens is 308 g/mol. The van der Waals surface area contributed by atoms with Crippen molar-refractivity contribution in [3.05, 3.63) is 28.8 Å². The number of ether oxygens (including phenoxy) is 1. The molecule has 1 aromatic carbocycles. The van der Waals surface area contributed by atoms with Gasteiger partial charge < -0.3 is 9.84 Å². The summed E-state index contributed by atoms with van der Waals surface area (Å²) in [4.78, 5) is 22.9. The lowest BCUT2D eigenvalue weighted by atomic mass is 10.1. The first kappa shape index (κ1) is 16.3. The van der Waals surface area contributed by atoms with Gasteiger partial charge in [-0.3, -0.25) is 10.2 Å². The van der Waals surface area contributed by atoms with Gasteiger partial charge in [0.1, 0.15) is 0 Å². The van der Waals surface area contributed by atoms with E-state index < -0.39 is 5.97 Å². The Morgan fingerprint density at radius 1 is 1.50 bits per heavy atom. The number of nitrogens with zero attached hydrogens (tertiary/aromatic N) is 1. The van der Waals surface area contributed by atoms with Crippen molar-refractivity contribution in [1.82, 2.24) is 0 Å². The number of benzene rings is 1. The Bertz CT molecular complexity index is 616. The van der Waals surface area contributed by atoms with Crippen molar-refractivity contribution in [3.63, 3.8) is 0 Å². The van der Waals surface area contributed by atoms with Crippen molar-refractivity contribution in [3.8, 4) is 0 Å². The van der Waals surface area contributed by atoms with E-state index in [2.05, 4.69) is 10.5 Å². The second-order valence-electron chi connectivity index (χ2n) is 4.91. The number of carboxylic acid groups (broad SMARTS) is 1. The number of aromatic carboxylic acids is 1. The number of esters is 1. The number of hydrogen-bond donors (Lipinski definition) is 2. The zero-order valence-electron chi connectivity index (χ0n) is 12.1. The number of carboxylic acids is 1. The highest BCUT2D eigenvalue weighted by Gasteiger charge is 2.30. The van der Waals surface area contributed by atoms with Crippen LogP contribution in [-0.4, -0.2) is 29.4 Å². The first-order valence-electron chi connectivity index (χ1n) is 7.05. The van der Waals surface area contributed by atoms with E-state index >= 15 is 0 Å². The van der Waals surface area contributed by atoms with Gasteiger partial charge in [-0.1, -0.05) is 11.6 Å². The average Bonchev–Trinajstić information content (AvgIpc) is 2.95. The molecule has 0 radical (unpaired) electrons. The van der Waals surface area contributed by atoms with Gasteiger partial charge in [-0.05, 0) is 44.4 Å².